The van der Waals surface area contributed by atoms with Crippen molar-refractivity contribution >= 4 is 5.82 Å². The van der Waals surface area contributed by atoms with Crippen LogP contribution in [-0.4, -0.2) is 16.6 Å². The van der Waals surface area contributed by atoms with E-state index in [9.17, 15) is 0 Å². The van der Waals surface area contributed by atoms with Crippen molar-refractivity contribution in [2.75, 3.05) is 12.0 Å². The molecule has 5 nitrogen and oxygen atoms in total. The van der Waals surface area contributed by atoms with Crippen LogP contribution < -0.4 is 16.0 Å². The van der Waals surface area contributed by atoms with Crippen molar-refractivity contribution in [1.82, 2.24) is 9.97 Å². The third kappa shape index (κ3) is 3.57. The van der Waals surface area contributed by atoms with Gasteiger partial charge >= 0.3 is 0 Å². The number of nitrogens with one attached hydrogen (secondary N) is 1. The van der Waals surface area contributed by atoms with Gasteiger partial charge in [-0.05, 0) is 6.42 Å². The molecule has 0 amide bonds. The molecule has 5 heteroatoms. The summed E-state index contributed by atoms with van der Waals surface area (Å²) in [5.74, 6) is 6.32. The van der Waals surface area contributed by atoms with Crippen molar-refractivity contribution in [2.24, 2.45) is 5.84 Å². The molecular weight excluding hydrogens is 180 g/mol. The molecule has 0 bridgehead atoms. The molecule has 1 aromatic heterocycles. The number of unbranched alkanes of at least 4 members (excludes halogenated alkanes) is 2. The second-order valence-corrected chi connectivity index (χ2v) is 2.94. The average Bonchev–Trinajstić information content (AvgIpc) is 2.25. The second kappa shape index (κ2) is 6.15. The molecule has 1 heterocycles. The zero-order chi connectivity index (χ0) is 10.2. The number of hydrazine groups is 1. The van der Waals surface area contributed by atoms with Crippen molar-refractivity contribution in [1.29, 1.82) is 0 Å². The number of nitrogen functional groups attached to an aromatic ring is 1. The molecule has 1 aromatic rings. The SMILES string of the molecule is CCCCCOc1cc(NN)ncn1. The Balaban J connectivity index is 2.34. The lowest BCUT2D eigenvalue weighted by molar-refractivity contribution is 0.294. The fourth-order valence-corrected chi connectivity index (χ4v) is 1.03. The van der Waals surface area contributed by atoms with E-state index in [1.54, 1.807) is 6.07 Å². The van der Waals surface area contributed by atoms with Crippen molar-refractivity contribution in [3.8, 4) is 5.88 Å². The molecule has 14 heavy (non-hydrogen) atoms. The van der Waals surface area contributed by atoms with Gasteiger partial charge in [0.1, 0.15) is 12.1 Å². The molecule has 0 fully saturated rings. The Bertz CT molecular complexity index is 267. The van der Waals surface area contributed by atoms with Gasteiger partial charge in [0.25, 0.3) is 0 Å². The smallest absolute Gasteiger partial charge is 0.218 e. The molecule has 0 aliphatic carbocycles. The summed E-state index contributed by atoms with van der Waals surface area (Å²) in [6.45, 7) is 2.84. The van der Waals surface area contributed by atoms with Gasteiger partial charge in [-0.3, -0.25) is 0 Å². The van der Waals surface area contributed by atoms with Gasteiger partial charge < -0.3 is 10.2 Å². The Morgan fingerprint density at radius 3 is 3.00 bits per heavy atom. The lowest BCUT2D eigenvalue weighted by Crippen LogP contribution is -2.09. The van der Waals surface area contributed by atoms with Crippen LogP contribution in [0.1, 0.15) is 26.2 Å². The molecule has 0 unspecified atom stereocenters. The van der Waals surface area contributed by atoms with E-state index in [1.807, 2.05) is 0 Å². The van der Waals surface area contributed by atoms with E-state index in [2.05, 4.69) is 22.3 Å². The summed E-state index contributed by atoms with van der Waals surface area (Å²) in [7, 11) is 0. The molecule has 0 saturated heterocycles. The predicted molar refractivity (Wildman–Crippen MR) is 54.9 cm³/mol. The lowest BCUT2D eigenvalue weighted by Gasteiger charge is -2.05. The molecule has 0 spiro atoms. The minimum Gasteiger partial charge on any atom is -0.478 e. The topological polar surface area (TPSA) is 73.1 Å². The van der Waals surface area contributed by atoms with E-state index in [1.165, 1.54) is 19.2 Å². The number of nitrogens with two attached hydrogens (primary N) is 1. The third-order valence-corrected chi connectivity index (χ3v) is 1.79. The Hall–Kier alpha value is -1.36. The van der Waals surface area contributed by atoms with E-state index in [0.29, 0.717) is 18.3 Å². The number of hydrogen-bond acceptors (Lipinski definition) is 5. The maximum absolute atomic E-state index is 5.40. The monoisotopic (exact) mass is 196 g/mol. The first-order valence-corrected chi connectivity index (χ1v) is 4.78. The van der Waals surface area contributed by atoms with Crippen molar-refractivity contribution in [3.05, 3.63) is 12.4 Å². The summed E-state index contributed by atoms with van der Waals surface area (Å²) in [6.07, 6.45) is 4.83. The third-order valence-electron chi connectivity index (χ3n) is 1.79. The number of aromatic nitrogens is 2. The van der Waals surface area contributed by atoms with Gasteiger partial charge in [0.2, 0.25) is 5.88 Å². The van der Waals surface area contributed by atoms with Gasteiger partial charge in [-0.2, -0.15) is 0 Å². The summed E-state index contributed by atoms with van der Waals surface area (Å²) in [5.41, 5.74) is 2.44. The zero-order valence-corrected chi connectivity index (χ0v) is 8.36. The van der Waals surface area contributed by atoms with Crippen molar-refractivity contribution in [3.63, 3.8) is 0 Å². The van der Waals surface area contributed by atoms with Crippen LogP contribution in [-0.2, 0) is 0 Å². The van der Waals surface area contributed by atoms with Gasteiger partial charge in [0.15, 0.2) is 0 Å². The maximum atomic E-state index is 5.40. The maximum Gasteiger partial charge on any atom is 0.218 e. The lowest BCUT2D eigenvalue weighted by atomic mass is 10.3. The van der Waals surface area contributed by atoms with Crippen LogP contribution >= 0.6 is 0 Å². The van der Waals surface area contributed by atoms with E-state index >= 15 is 0 Å². The number of hydrogen-bond donors (Lipinski definition) is 2. The molecule has 0 aliphatic heterocycles. The summed E-state index contributed by atoms with van der Waals surface area (Å²) in [5, 5.41) is 0. The van der Waals surface area contributed by atoms with Crippen LogP contribution in [0.25, 0.3) is 0 Å². The molecule has 1 rings (SSSR count). The number of nitrogens with zero attached hydrogens (tertiary/aromatic N) is 2. The first-order valence-electron chi connectivity index (χ1n) is 4.78. The van der Waals surface area contributed by atoms with Crippen LogP contribution in [0.5, 0.6) is 5.88 Å². The van der Waals surface area contributed by atoms with Crippen LogP contribution in [0.15, 0.2) is 12.4 Å². The van der Waals surface area contributed by atoms with E-state index < -0.39 is 0 Å². The van der Waals surface area contributed by atoms with Crippen LogP contribution in [0.2, 0.25) is 0 Å². The molecule has 0 atom stereocenters. The molecule has 0 radical (unpaired) electrons. The number of rotatable bonds is 6. The van der Waals surface area contributed by atoms with Gasteiger partial charge in [-0.1, -0.05) is 19.8 Å². The Morgan fingerprint density at radius 1 is 1.43 bits per heavy atom. The van der Waals surface area contributed by atoms with Crippen LogP contribution in [0.3, 0.4) is 0 Å². The Morgan fingerprint density at radius 2 is 2.29 bits per heavy atom. The second-order valence-electron chi connectivity index (χ2n) is 2.94. The summed E-state index contributed by atoms with van der Waals surface area (Å²) in [4.78, 5) is 7.83. The van der Waals surface area contributed by atoms with E-state index in [0.717, 1.165) is 6.42 Å². The van der Waals surface area contributed by atoms with E-state index in [4.69, 9.17) is 10.6 Å². The zero-order valence-electron chi connectivity index (χ0n) is 8.36. The minimum absolute atomic E-state index is 0.559. The average molecular weight is 196 g/mol. The van der Waals surface area contributed by atoms with Gasteiger partial charge in [-0.25, -0.2) is 15.8 Å². The number of ether oxygens (including phenoxy) is 1. The highest BCUT2D eigenvalue weighted by Crippen LogP contribution is 2.10. The van der Waals surface area contributed by atoms with Gasteiger partial charge in [0, 0.05) is 6.07 Å². The Labute approximate surface area is 83.7 Å². The highest BCUT2D eigenvalue weighted by Gasteiger charge is 1.97. The number of anilines is 1. The quantitative estimate of drug-likeness (QED) is 0.408. The Kier molecular flexibility index (Phi) is 4.71. The summed E-state index contributed by atoms with van der Waals surface area (Å²) in [6, 6.07) is 1.67. The highest BCUT2D eigenvalue weighted by atomic mass is 16.5. The fourth-order valence-electron chi connectivity index (χ4n) is 1.03. The fraction of sp³-hybridized carbons (Fsp3) is 0.556. The van der Waals surface area contributed by atoms with Crippen molar-refractivity contribution in [2.45, 2.75) is 26.2 Å². The molecule has 78 valence electrons. The van der Waals surface area contributed by atoms with Gasteiger partial charge in [-0.15, -0.1) is 0 Å². The molecule has 0 aromatic carbocycles. The van der Waals surface area contributed by atoms with Crippen LogP contribution in [0, 0.1) is 0 Å². The van der Waals surface area contributed by atoms with Crippen LogP contribution in [0.4, 0.5) is 5.82 Å². The van der Waals surface area contributed by atoms with Crippen molar-refractivity contribution < 1.29 is 4.74 Å². The summed E-state index contributed by atoms with van der Waals surface area (Å²) >= 11 is 0. The van der Waals surface area contributed by atoms with Gasteiger partial charge in [0.05, 0.1) is 6.61 Å². The minimum atomic E-state index is 0.559. The van der Waals surface area contributed by atoms with E-state index in [-0.39, 0.29) is 0 Å². The first kappa shape index (κ1) is 10.7. The molecule has 0 saturated carbocycles. The molecular formula is C9H16N4O. The first-order chi connectivity index (χ1) is 6.86. The summed E-state index contributed by atoms with van der Waals surface area (Å²) < 4.78 is 5.40. The molecule has 3 N–H and O–H groups in total. The molecule has 0 aliphatic rings. The normalized spacial score (nSPS) is 9.86. The largest absolute Gasteiger partial charge is 0.478 e. The standard InChI is InChI=1S/C9H16N4O/c1-2-3-4-5-14-9-6-8(13-10)11-7-12-9/h6-7H,2-5,10H2,1H3,(H,11,12,13). The highest BCUT2D eigenvalue weighted by molar-refractivity contribution is 5.35. The predicted octanol–water partition coefficient (Wildman–Crippen LogP) is 1.33.